The van der Waals surface area contributed by atoms with Gasteiger partial charge in [-0.2, -0.15) is 0 Å². The highest BCUT2D eigenvalue weighted by molar-refractivity contribution is 6.30. The zero-order chi connectivity index (χ0) is 24.1. The fourth-order valence-corrected chi connectivity index (χ4v) is 4.06. The highest BCUT2D eigenvalue weighted by Crippen LogP contribution is 2.16. The van der Waals surface area contributed by atoms with Gasteiger partial charge in [0.1, 0.15) is 11.6 Å². The number of aromatic nitrogens is 3. The van der Waals surface area contributed by atoms with Gasteiger partial charge in [0.15, 0.2) is 5.89 Å². The summed E-state index contributed by atoms with van der Waals surface area (Å²) in [5.74, 6) is 1.71. The van der Waals surface area contributed by atoms with Crippen LogP contribution in [0, 0.1) is 27.7 Å². The molecule has 0 aliphatic rings. The molecule has 2 N–H and O–H groups in total. The van der Waals surface area contributed by atoms with E-state index >= 15 is 0 Å². The maximum Gasteiger partial charge on any atom is 0.257 e. The molecule has 8 nitrogen and oxygen atoms in total. The number of hydrogen-bond donors (Lipinski definition) is 2. The van der Waals surface area contributed by atoms with Gasteiger partial charge in [0.05, 0.1) is 12.1 Å². The number of aryl methyl sites for hydroxylation is 5. The van der Waals surface area contributed by atoms with Gasteiger partial charge in [0.2, 0.25) is 5.91 Å². The van der Waals surface area contributed by atoms with Crippen LogP contribution in [0.25, 0.3) is 0 Å². The van der Waals surface area contributed by atoms with Crippen LogP contribution in [0.5, 0.6) is 0 Å². The van der Waals surface area contributed by atoms with Crippen LogP contribution in [0.1, 0.15) is 45.6 Å². The summed E-state index contributed by atoms with van der Waals surface area (Å²) < 4.78 is 7.07. The standard InChI is InChI=1S/C24H30ClN5O3/c1-14-21(11-23(31)27-13-19-10-20(25)7-6-18(19)12-26-5)24(32)30(16(3)28-14)9-8-22-15(2)33-17(4)29-22/h6-7,10,26H,8-9,11-13H2,1-5H3,(H,27,31). The summed E-state index contributed by atoms with van der Waals surface area (Å²) in [4.78, 5) is 34.8. The van der Waals surface area contributed by atoms with E-state index in [1.54, 1.807) is 25.3 Å². The topological polar surface area (TPSA) is 102 Å². The van der Waals surface area contributed by atoms with Crippen molar-refractivity contribution in [2.75, 3.05) is 7.05 Å². The minimum absolute atomic E-state index is 0.0397. The molecule has 9 heteroatoms. The number of rotatable bonds is 9. The Labute approximate surface area is 198 Å². The average Bonchev–Trinajstić information content (AvgIpc) is 3.08. The molecule has 3 aromatic rings. The van der Waals surface area contributed by atoms with Crippen LogP contribution in [0.2, 0.25) is 5.02 Å². The molecule has 0 radical (unpaired) electrons. The van der Waals surface area contributed by atoms with Crippen molar-refractivity contribution >= 4 is 17.5 Å². The van der Waals surface area contributed by atoms with Crippen molar-refractivity contribution in [3.63, 3.8) is 0 Å². The summed E-state index contributed by atoms with van der Waals surface area (Å²) in [6.07, 6.45) is 0.505. The zero-order valence-electron chi connectivity index (χ0n) is 19.7. The van der Waals surface area contributed by atoms with Gasteiger partial charge in [-0.25, -0.2) is 9.97 Å². The molecule has 1 amide bonds. The Kier molecular flexibility index (Phi) is 8.05. The number of amides is 1. The number of hydrogen-bond acceptors (Lipinski definition) is 6. The van der Waals surface area contributed by atoms with Gasteiger partial charge in [-0.1, -0.05) is 17.7 Å². The van der Waals surface area contributed by atoms with E-state index in [9.17, 15) is 9.59 Å². The lowest BCUT2D eigenvalue weighted by atomic mass is 10.1. The molecule has 0 saturated heterocycles. The summed E-state index contributed by atoms with van der Waals surface area (Å²) in [7, 11) is 1.86. The Balaban J connectivity index is 1.73. The third-order valence-corrected chi connectivity index (χ3v) is 5.82. The van der Waals surface area contributed by atoms with E-state index in [1.807, 2.05) is 32.2 Å². The predicted molar refractivity (Wildman–Crippen MR) is 127 cm³/mol. The van der Waals surface area contributed by atoms with Gasteiger partial charge >= 0.3 is 0 Å². The second-order valence-corrected chi connectivity index (χ2v) is 8.50. The molecule has 0 unspecified atom stereocenters. The van der Waals surface area contributed by atoms with Crippen LogP contribution >= 0.6 is 11.6 Å². The van der Waals surface area contributed by atoms with Gasteiger partial charge < -0.3 is 15.1 Å². The molecule has 1 aromatic carbocycles. The van der Waals surface area contributed by atoms with Crippen LogP contribution in [0.4, 0.5) is 0 Å². The van der Waals surface area contributed by atoms with Gasteiger partial charge in [-0.05, 0) is 51.1 Å². The zero-order valence-corrected chi connectivity index (χ0v) is 20.5. The molecular weight excluding hydrogens is 442 g/mol. The summed E-state index contributed by atoms with van der Waals surface area (Å²) in [5, 5.41) is 6.62. The molecule has 0 saturated carbocycles. The second-order valence-electron chi connectivity index (χ2n) is 8.06. The number of carbonyl (C=O) groups excluding carboxylic acids is 1. The Hall–Kier alpha value is -2.97. The van der Waals surface area contributed by atoms with Crippen molar-refractivity contribution in [2.45, 2.75) is 60.2 Å². The molecule has 176 valence electrons. The predicted octanol–water partition coefficient (Wildman–Crippen LogP) is 2.94. The van der Waals surface area contributed by atoms with Crippen molar-refractivity contribution in [2.24, 2.45) is 0 Å². The highest BCUT2D eigenvalue weighted by atomic mass is 35.5. The molecule has 0 aliphatic carbocycles. The first-order valence-corrected chi connectivity index (χ1v) is 11.3. The first-order chi connectivity index (χ1) is 15.7. The van der Waals surface area contributed by atoms with E-state index in [-0.39, 0.29) is 17.9 Å². The number of nitrogens with one attached hydrogen (secondary N) is 2. The lowest BCUT2D eigenvalue weighted by Crippen LogP contribution is -2.33. The van der Waals surface area contributed by atoms with Crippen molar-refractivity contribution < 1.29 is 9.21 Å². The largest absolute Gasteiger partial charge is 0.446 e. The molecule has 2 aromatic heterocycles. The van der Waals surface area contributed by atoms with E-state index < -0.39 is 0 Å². The van der Waals surface area contributed by atoms with Crippen LogP contribution in [0.15, 0.2) is 27.4 Å². The van der Waals surface area contributed by atoms with Crippen LogP contribution in [-0.4, -0.2) is 27.5 Å². The number of nitrogens with zero attached hydrogens (tertiary/aromatic N) is 3. The van der Waals surface area contributed by atoms with Gasteiger partial charge in [0.25, 0.3) is 5.56 Å². The Bertz CT molecular complexity index is 1220. The Morgan fingerprint density at radius 1 is 1.12 bits per heavy atom. The van der Waals surface area contributed by atoms with Gasteiger partial charge in [-0.15, -0.1) is 0 Å². The maximum absolute atomic E-state index is 13.2. The van der Waals surface area contributed by atoms with E-state index in [4.69, 9.17) is 16.0 Å². The summed E-state index contributed by atoms with van der Waals surface area (Å²) in [6.45, 7) is 8.61. The van der Waals surface area contributed by atoms with Crippen molar-refractivity contribution in [1.82, 2.24) is 25.2 Å². The number of carbonyl (C=O) groups is 1. The molecule has 0 aliphatic heterocycles. The lowest BCUT2D eigenvalue weighted by Gasteiger charge is -2.14. The number of benzene rings is 1. The van der Waals surface area contributed by atoms with Crippen LogP contribution < -0.4 is 16.2 Å². The molecule has 3 rings (SSSR count). The van der Waals surface area contributed by atoms with Gasteiger partial charge in [0, 0.05) is 49.3 Å². The molecule has 0 fully saturated rings. The first-order valence-electron chi connectivity index (χ1n) is 10.9. The smallest absolute Gasteiger partial charge is 0.257 e. The minimum atomic E-state index is -0.245. The molecule has 0 spiro atoms. The third kappa shape index (κ3) is 6.09. The van der Waals surface area contributed by atoms with E-state index in [2.05, 4.69) is 20.6 Å². The van der Waals surface area contributed by atoms with Crippen LogP contribution in [0.3, 0.4) is 0 Å². The van der Waals surface area contributed by atoms with Crippen molar-refractivity contribution in [3.8, 4) is 0 Å². The number of oxazole rings is 1. The maximum atomic E-state index is 13.2. The summed E-state index contributed by atoms with van der Waals surface area (Å²) in [6, 6.07) is 5.60. The SMILES string of the molecule is CNCc1ccc(Cl)cc1CNC(=O)Cc1c(C)nc(C)n(CCc2nc(C)oc2C)c1=O. The molecule has 2 heterocycles. The minimum Gasteiger partial charge on any atom is -0.446 e. The first kappa shape index (κ1) is 24.7. The fraction of sp³-hybridized carbons (Fsp3) is 0.417. The average molecular weight is 472 g/mol. The summed E-state index contributed by atoms with van der Waals surface area (Å²) in [5.41, 5.74) is 3.56. The molecule has 0 bridgehead atoms. The third-order valence-electron chi connectivity index (χ3n) is 5.58. The lowest BCUT2D eigenvalue weighted by molar-refractivity contribution is -0.120. The quantitative estimate of drug-likeness (QED) is 0.497. The Morgan fingerprint density at radius 3 is 2.55 bits per heavy atom. The highest BCUT2D eigenvalue weighted by Gasteiger charge is 2.17. The van der Waals surface area contributed by atoms with E-state index in [0.717, 1.165) is 22.6 Å². The van der Waals surface area contributed by atoms with Gasteiger partial charge in [-0.3, -0.25) is 14.2 Å². The van der Waals surface area contributed by atoms with E-state index in [0.29, 0.717) is 54.1 Å². The molecule has 0 atom stereocenters. The molecule has 33 heavy (non-hydrogen) atoms. The second kappa shape index (κ2) is 10.8. The van der Waals surface area contributed by atoms with E-state index in [1.165, 1.54) is 0 Å². The van der Waals surface area contributed by atoms with Crippen molar-refractivity contribution in [3.05, 3.63) is 79.1 Å². The fourth-order valence-electron chi connectivity index (χ4n) is 3.86. The van der Waals surface area contributed by atoms with Crippen LogP contribution in [-0.2, 0) is 37.3 Å². The van der Waals surface area contributed by atoms with Crippen molar-refractivity contribution in [1.29, 1.82) is 0 Å². The summed E-state index contributed by atoms with van der Waals surface area (Å²) >= 11 is 6.13. The monoisotopic (exact) mass is 471 g/mol. The normalized spacial score (nSPS) is 11.1. The number of halogens is 1. The molecular formula is C24H30ClN5O3. The Morgan fingerprint density at radius 2 is 1.88 bits per heavy atom.